The Kier molecular flexibility index (Phi) is 5.96. The monoisotopic (exact) mass is 310 g/mol. The van der Waals surface area contributed by atoms with E-state index in [0.717, 1.165) is 29.6 Å². The first-order valence-electron chi connectivity index (χ1n) is 7.15. The van der Waals surface area contributed by atoms with Gasteiger partial charge in [-0.2, -0.15) is 0 Å². The van der Waals surface area contributed by atoms with Crippen molar-refractivity contribution < 1.29 is 9.53 Å². The molecule has 21 heavy (non-hydrogen) atoms. The predicted octanol–water partition coefficient (Wildman–Crippen LogP) is 1.36. The average molecular weight is 310 g/mol. The average Bonchev–Trinajstić information content (AvgIpc) is 2.45. The molecular weight excluding hydrogens is 288 g/mol. The van der Waals surface area contributed by atoms with Gasteiger partial charge in [0, 0.05) is 24.7 Å². The first kappa shape index (κ1) is 16.2. The maximum absolute atomic E-state index is 11.9. The summed E-state index contributed by atoms with van der Waals surface area (Å²) < 4.78 is 5.24. The maximum Gasteiger partial charge on any atom is 0.244 e. The first-order chi connectivity index (χ1) is 10.0. The summed E-state index contributed by atoms with van der Waals surface area (Å²) in [6.45, 7) is 8.88. The molecule has 1 aromatic rings. The van der Waals surface area contributed by atoms with Crippen molar-refractivity contribution in [2.75, 3.05) is 32.1 Å². The van der Waals surface area contributed by atoms with Crippen molar-refractivity contribution in [2.45, 2.75) is 31.7 Å². The van der Waals surface area contributed by atoms with Crippen LogP contribution in [0.4, 0.5) is 0 Å². The molecule has 1 saturated heterocycles. The van der Waals surface area contributed by atoms with Crippen LogP contribution in [0.25, 0.3) is 0 Å². The highest BCUT2D eigenvalue weighted by molar-refractivity contribution is 7.99. The van der Waals surface area contributed by atoms with E-state index in [2.05, 4.69) is 29.2 Å². The van der Waals surface area contributed by atoms with Crippen LogP contribution in [0.15, 0.2) is 11.1 Å². The zero-order chi connectivity index (χ0) is 15.2. The van der Waals surface area contributed by atoms with Gasteiger partial charge in [0.2, 0.25) is 5.91 Å². The van der Waals surface area contributed by atoms with Crippen LogP contribution < -0.4 is 5.43 Å². The van der Waals surface area contributed by atoms with E-state index in [0.29, 0.717) is 19.0 Å². The second kappa shape index (κ2) is 7.72. The summed E-state index contributed by atoms with van der Waals surface area (Å²) in [6, 6.07) is 1.92. The highest BCUT2D eigenvalue weighted by Gasteiger charge is 2.14. The molecule has 0 saturated carbocycles. The molecule has 1 aliphatic heterocycles. The molecule has 0 atom stereocenters. The highest BCUT2D eigenvalue weighted by Crippen LogP contribution is 2.19. The van der Waals surface area contributed by atoms with Crippen LogP contribution >= 0.6 is 11.8 Å². The van der Waals surface area contributed by atoms with Crippen LogP contribution in [-0.2, 0) is 9.53 Å². The lowest BCUT2D eigenvalue weighted by Crippen LogP contribution is -2.48. The number of thioether (sulfide) groups is 1. The van der Waals surface area contributed by atoms with Crippen LogP contribution in [-0.4, -0.2) is 52.9 Å². The Morgan fingerprint density at radius 1 is 1.43 bits per heavy atom. The number of aryl methyl sites for hydroxylation is 1. The molecule has 0 aliphatic carbocycles. The number of aromatic nitrogens is 2. The molecule has 0 bridgehead atoms. The number of nitrogens with zero attached hydrogens (tertiary/aromatic N) is 3. The Hall–Kier alpha value is -1.18. The molecule has 1 amide bonds. The van der Waals surface area contributed by atoms with E-state index in [4.69, 9.17) is 4.74 Å². The fourth-order valence-corrected chi connectivity index (χ4v) is 2.67. The molecule has 1 N–H and O–H groups in total. The van der Waals surface area contributed by atoms with Crippen molar-refractivity contribution in [3.63, 3.8) is 0 Å². The maximum atomic E-state index is 11.9. The summed E-state index contributed by atoms with van der Waals surface area (Å²) >= 11 is 1.44. The number of carbonyl (C=O) groups excluding carboxylic acids is 1. The summed E-state index contributed by atoms with van der Waals surface area (Å²) in [5.74, 6) is 1.45. The lowest BCUT2D eigenvalue weighted by Gasteiger charge is -2.26. The van der Waals surface area contributed by atoms with Crippen molar-refractivity contribution in [2.24, 2.45) is 0 Å². The van der Waals surface area contributed by atoms with Crippen molar-refractivity contribution in [1.82, 2.24) is 20.4 Å². The minimum absolute atomic E-state index is 0.00994. The Labute approximate surface area is 129 Å². The third-order valence-corrected chi connectivity index (χ3v) is 3.92. The van der Waals surface area contributed by atoms with Gasteiger partial charge in [0.15, 0.2) is 0 Å². The van der Waals surface area contributed by atoms with Crippen LogP contribution in [0.3, 0.4) is 0 Å². The fourth-order valence-electron chi connectivity index (χ4n) is 1.92. The minimum Gasteiger partial charge on any atom is -0.379 e. The molecule has 1 aromatic heterocycles. The number of ether oxygens (including phenoxy) is 1. The number of amides is 1. The van der Waals surface area contributed by atoms with Gasteiger partial charge in [-0.1, -0.05) is 25.6 Å². The Morgan fingerprint density at radius 2 is 2.14 bits per heavy atom. The fraction of sp³-hybridized carbons (Fsp3) is 0.643. The van der Waals surface area contributed by atoms with E-state index in [1.54, 1.807) is 0 Å². The van der Waals surface area contributed by atoms with Gasteiger partial charge in [0.05, 0.1) is 19.0 Å². The second-order valence-corrected chi connectivity index (χ2v) is 6.28. The molecule has 0 spiro atoms. The van der Waals surface area contributed by atoms with Crippen LogP contribution in [0.5, 0.6) is 0 Å². The van der Waals surface area contributed by atoms with E-state index < -0.39 is 0 Å². The first-order valence-corrected chi connectivity index (χ1v) is 8.13. The molecule has 1 aliphatic rings. The van der Waals surface area contributed by atoms with E-state index >= 15 is 0 Å². The van der Waals surface area contributed by atoms with Gasteiger partial charge in [-0.25, -0.2) is 15.0 Å². The van der Waals surface area contributed by atoms with Crippen molar-refractivity contribution in [3.05, 3.63) is 17.6 Å². The lowest BCUT2D eigenvalue weighted by atomic mass is 10.2. The summed E-state index contributed by atoms with van der Waals surface area (Å²) in [7, 11) is 0. The third kappa shape index (κ3) is 5.26. The van der Waals surface area contributed by atoms with Crippen LogP contribution in [0, 0.1) is 6.92 Å². The minimum atomic E-state index is -0.00994. The third-order valence-electron chi connectivity index (χ3n) is 3.01. The molecule has 2 rings (SSSR count). The number of hydrogen-bond acceptors (Lipinski definition) is 6. The zero-order valence-corrected chi connectivity index (χ0v) is 13.6. The van der Waals surface area contributed by atoms with Crippen LogP contribution in [0.1, 0.15) is 31.3 Å². The molecule has 116 valence electrons. The van der Waals surface area contributed by atoms with Gasteiger partial charge >= 0.3 is 0 Å². The van der Waals surface area contributed by atoms with Gasteiger partial charge in [0.1, 0.15) is 10.9 Å². The molecule has 0 unspecified atom stereocenters. The van der Waals surface area contributed by atoms with Gasteiger partial charge in [-0.05, 0) is 13.0 Å². The van der Waals surface area contributed by atoms with Gasteiger partial charge in [-0.3, -0.25) is 10.2 Å². The van der Waals surface area contributed by atoms with E-state index in [1.807, 2.05) is 18.0 Å². The standard InChI is InChI=1S/C14H22N4O2S/c1-10(2)14-15-11(3)8-13(16-14)21-9-12(19)17-18-4-6-20-7-5-18/h8,10H,4-7,9H2,1-3H3,(H,17,19). The molecule has 6 nitrogen and oxygen atoms in total. The normalized spacial score (nSPS) is 16.2. The molecule has 0 aromatic carbocycles. The number of morpholine rings is 1. The SMILES string of the molecule is Cc1cc(SCC(=O)NN2CCOCC2)nc(C(C)C)n1. The molecular formula is C14H22N4O2S. The van der Waals surface area contributed by atoms with Crippen molar-refractivity contribution >= 4 is 17.7 Å². The number of carbonyl (C=O) groups is 1. The number of hydrazine groups is 1. The largest absolute Gasteiger partial charge is 0.379 e. The second-order valence-electron chi connectivity index (χ2n) is 5.28. The molecule has 1 fully saturated rings. The summed E-state index contributed by atoms with van der Waals surface area (Å²) in [4.78, 5) is 20.8. The predicted molar refractivity (Wildman–Crippen MR) is 82.1 cm³/mol. The Balaban J connectivity index is 1.85. The van der Waals surface area contributed by atoms with E-state index in [-0.39, 0.29) is 11.8 Å². The number of nitrogens with one attached hydrogen (secondary N) is 1. The van der Waals surface area contributed by atoms with Gasteiger partial charge in [0.25, 0.3) is 0 Å². The summed E-state index contributed by atoms with van der Waals surface area (Å²) in [6.07, 6.45) is 0. The van der Waals surface area contributed by atoms with Crippen molar-refractivity contribution in [3.8, 4) is 0 Å². The Morgan fingerprint density at radius 3 is 2.81 bits per heavy atom. The summed E-state index contributed by atoms with van der Waals surface area (Å²) in [5, 5.41) is 2.75. The summed E-state index contributed by atoms with van der Waals surface area (Å²) in [5.41, 5.74) is 3.83. The topological polar surface area (TPSA) is 67.4 Å². The quantitative estimate of drug-likeness (QED) is 0.654. The van der Waals surface area contributed by atoms with Gasteiger partial charge in [-0.15, -0.1) is 0 Å². The zero-order valence-electron chi connectivity index (χ0n) is 12.8. The molecule has 2 heterocycles. The molecule has 0 radical (unpaired) electrons. The number of hydrogen-bond donors (Lipinski definition) is 1. The van der Waals surface area contributed by atoms with Crippen LogP contribution in [0.2, 0.25) is 0 Å². The smallest absolute Gasteiger partial charge is 0.244 e. The van der Waals surface area contributed by atoms with Crippen molar-refractivity contribution in [1.29, 1.82) is 0 Å². The highest BCUT2D eigenvalue weighted by atomic mass is 32.2. The lowest BCUT2D eigenvalue weighted by molar-refractivity contribution is -0.125. The van der Waals surface area contributed by atoms with E-state index in [1.165, 1.54) is 11.8 Å². The Bertz CT molecular complexity index is 490. The molecule has 7 heteroatoms. The van der Waals surface area contributed by atoms with Gasteiger partial charge < -0.3 is 4.74 Å². The van der Waals surface area contributed by atoms with E-state index in [9.17, 15) is 4.79 Å². The number of rotatable bonds is 5.